The van der Waals surface area contributed by atoms with Gasteiger partial charge in [-0.1, -0.05) is 30.3 Å². The molecule has 0 aromatic heterocycles. The molecule has 0 saturated carbocycles. The summed E-state index contributed by atoms with van der Waals surface area (Å²) in [6.07, 6.45) is 2.90. The Morgan fingerprint density at radius 1 is 0.885 bits per heavy atom. The van der Waals surface area contributed by atoms with E-state index in [4.69, 9.17) is 9.47 Å². The van der Waals surface area contributed by atoms with Gasteiger partial charge in [-0.3, -0.25) is 9.59 Å². The second kappa shape index (κ2) is 12.4. The van der Waals surface area contributed by atoms with Gasteiger partial charge in [0.25, 0.3) is 0 Å². The van der Waals surface area contributed by atoms with Gasteiger partial charge in [-0.15, -0.1) is 0 Å². The molecule has 0 fully saturated rings. The summed E-state index contributed by atoms with van der Waals surface area (Å²) >= 11 is 0. The summed E-state index contributed by atoms with van der Waals surface area (Å²) in [6, 6.07) is 8.98. The van der Waals surface area contributed by atoms with Crippen molar-refractivity contribution in [1.82, 2.24) is 0 Å². The molecule has 0 unspecified atom stereocenters. The first-order chi connectivity index (χ1) is 12.5. The molecule has 26 heavy (non-hydrogen) atoms. The van der Waals surface area contributed by atoms with Gasteiger partial charge in [-0.05, 0) is 25.3 Å². The Labute approximate surface area is 151 Å². The van der Waals surface area contributed by atoms with Crippen molar-refractivity contribution in [2.45, 2.75) is 32.6 Å². The fraction of sp³-hybridized carbons (Fsp3) is 0.368. The van der Waals surface area contributed by atoms with Gasteiger partial charge in [0, 0.05) is 18.6 Å². The Kier molecular flexibility index (Phi) is 10.1. The SMILES string of the molecule is CCOC(=O)C=CC(=O)OCCCCC(=O)OC(=O)Cc1ccccc1. The van der Waals surface area contributed by atoms with Crippen molar-refractivity contribution in [1.29, 1.82) is 0 Å². The zero-order chi connectivity index (χ0) is 19.2. The average Bonchev–Trinajstić information content (AvgIpc) is 2.60. The number of rotatable bonds is 10. The molecule has 0 spiro atoms. The summed E-state index contributed by atoms with van der Waals surface area (Å²) in [7, 11) is 0. The van der Waals surface area contributed by atoms with E-state index < -0.39 is 23.9 Å². The van der Waals surface area contributed by atoms with E-state index in [1.54, 1.807) is 31.2 Å². The number of hydrogen-bond donors (Lipinski definition) is 0. The van der Waals surface area contributed by atoms with Gasteiger partial charge in [-0.2, -0.15) is 0 Å². The molecule has 7 nitrogen and oxygen atoms in total. The van der Waals surface area contributed by atoms with E-state index in [1.807, 2.05) is 6.07 Å². The Balaban J connectivity index is 2.11. The molecular formula is C19H22O7. The van der Waals surface area contributed by atoms with Crippen LogP contribution >= 0.6 is 0 Å². The van der Waals surface area contributed by atoms with E-state index in [1.165, 1.54) is 0 Å². The Hall–Kier alpha value is -2.96. The molecule has 1 aromatic carbocycles. The summed E-state index contributed by atoms with van der Waals surface area (Å²) < 4.78 is 14.2. The summed E-state index contributed by atoms with van der Waals surface area (Å²) in [4.78, 5) is 45.5. The molecule has 140 valence electrons. The minimum absolute atomic E-state index is 0.0387. The number of benzene rings is 1. The highest BCUT2D eigenvalue weighted by Gasteiger charge is 2.11. The van der Waals surface area contributed by atoms with Crippen LogP contribution in [-0.4, -0.2) is 37.1 Å². The molecule has 0 heterocycles. The molecule has 1 aromatic rings. The zero-order valence-corrected chi connectivity index (χ0v) is 14.6. The molecule has 0 bridgehead atoms. The first kappa shape index (κ1) is 21.1. The van der Waals surface area contributed by atoms with Gasteiger partial charge >= 0.3 is 23.9 Å². The maximum atomic E-state index is 11.6. The van der Waals surface area contributed by atoms with Gasteiger partial charge in [0.2, 0.25) is 0 Å². The zero-order valence-electron chi connectivity index (χ0n) is 14.6. The predicted molar refractivity (Wildman–Crippen MR) is 91.8 cm³/mol. The predicted octanol–water partition coefficient (Wildman–Crippen LogP) is 2.13. The van der Waals surface area contributed by atoms with Crippen molar-refractivity contribution in [2.24, 2.45) is 0 Å². The lowest BCUT2D eigenvalue weighted by Gasteiger charge is -2.04. The van der Waals surface area contributed by atoms with Crippen molar-refractivity contribution >= 4 is 23.9 Å². The van der Waals surface area contributed by atoms with Crippen LogP contribution in [0.25, 0.3) is 0 Å². The number of carbonyl (C=O) groups is 4. The monoisotopic (exact) mass is 362 g/mol. The van der Waals surface area contributed by atoms with Crippen LogP contribution < -0.4 is 0 Å². The number of carbonyl (C=O) groups excluding carboxylic acids is 4. The molecule has 0 amide bonds. The fourth-order valence-electron chi connectivity index (χ4n) is 1.90. The quantitative estimate of drug-likeness (QED) is 0.207. The maximum Gasteiger partial charge on any atom is 0.331 e. The standard InChI is InChI=1S/C19H22O7/c1-2-24-16(20)11-12-17(21)25-13-7-6-10-18(22)26-19(23)14-15-8-4-3-5-9-15/h3-5,8-9,11-12H,2,6-7,10,13-14H2,1H3. The van der Waals surface area contributed by atoms with E-state index in [0.29, 0.717) is 12.8 Å². The molecule has 7 heteroatoms. The van der Waals surface area contributed by atoms with Crippen LogP contribution in [-0.2, 0) is 39.8 Å². The van der Waals surface area contributed by atoms with Gasteiger partial charge in [0.1, 0.15) is 0 Å². The Bertz CT molecular complexity index is 635. The van der Waals surface area contributed by atoms with Gasteiger partial charge in [-0.25, -0.2) is 9.59 Å². The second-order valence-electron chi connectivity index (χ2n) is 5.22. The molecule has 0 aliphatic carbocycles. The third-order valence-electron chi connectivity index (χ3n) is 3.08. The fourth-order valence-corrected chi connectivity index (χ4v) is 1.90. The summed E-state index contributed by atoms with van der Waals surface area (Å²) in [5.74, 6) is -2.50. The van der Waals surface area contributed by atoms with Crippen LogP contribution in [0.15, 0.2) is 42.5 Å². The molecule has 0 N–H and O–H groups in total. The number of ether oxygens (including phenoxy) is 3. The summed E-state index contributed by atoms with van der Waals surface area (Å²) in [5, 5.41) is 0. The smallest absolute Gasteiger partial charge is 0.331 e. The highest BCUT2D eigenvalue weighted by Crippen LogP contribution is 2.03. The van der Waals surface area contributed by atoms with E-state index in [2.05, 4.69) is 4.74 Å². The Morgan fingerprint density at radius 2 is 1.54 bits per heavy atom. The molecule has 0 radical (unpaired) electrons. The second-order valence-corrected chi connectivity index (χ2v) is 5.22. The largest absolute Gasteiger partial charge is 0.463 e. The van der Waals surface area contributed by atoms with E-state index in [9.17, 15) is 19.2 Å². The van der Waals surface area contributed by atoms with Crippen LogP contribution in [0.5, 0.6) is 0 Å². The van der Waals surface area contributed by atoms with Crippen LogP contribution in [0.2, 0.25) is 0 Å². The minimum Gasteiger partial charge on any atom is -0.463 e. The highest BCUT2D eigenvalue weighted by molar-refractivity contribution is 5.91. The maximum absolute atomic E-state index is 11.6. The molecule has 0 saturated heterocycles. The molecular weight excluding hydrogens is 340 g/mol. The normalized spacial score (nSPS) is 10.3. The molecule has 0 aliphatic rings. The van der Waals surface area contributed by atoms with Gasteiger partial charge in [0.15, 0.2) is 0 Å². The van der Waals surface area contributed by atoms with Crippen molar-refractivity contribution < 1.29 is 33.4 Å². The third kappa shape index (κ3) is 10.0. The van der Waals surface area contributed by atoms with E-state index in [-0.39, 0.29) is 26.1 Å². The Morgan fingerprint density at radius 3 is 2.19 bits per heavy atom. The number of unbranched alkanes of at least 4 members (excludes halogenated alkanes) is 1. The lowest BCUT2D eigenvalue weighted by molar-refractivity contribution is -0.159. The van der Waals surface area contributed by atoms with Gasteiger partial charge in [0.05, 0.1) is 19.6 Å². The summed E-state index contributed by atoms with van der Waals surface area (Å²) in [5.41, 5.74) is 0.771. The van der Waals surface area contributed by atoms with Crippen LogP contribution in [0, 0.1) is 0 Å². The van der Waals surface area contributed by atoms with Crippen LogP contribution in [0.3, 0.4) is 0 Å². The topological polar surface area (TPSA) is 96.0 Å². The first-order valence-corrected chi connectivity index (χ1v) is 8.30. The summed E-state index contributed by atoms with van der Waals surface area (Å²) in [6.45, 7) is 1.98. The van der Waals surface area contributed by atoms with Crippen molar-refractivity contribution in [2.75, 3.05) is 13.2 Å². The van der Waals surface area contributed by atoms with Crippen molar-refractivity contribution in [3.8, 4) is 0 Å². The number of hydrogen-bond acceptors (Lipinski definition) is 7. The van der Waals surface area contributed by atoms with Crippen molar-refractivity contribution in [3.63, 3.8) is 0 Å². The molecule has 1 rings (SSSR count). The van der Waals surface area contributed by atoms with E-state index in [0.717, 1.165) is 17.7 Å². The van der Waals surface area contributed by atoms with Crippen LogP contribution in [0.1, 0.15) is 31.7 Å². The highest BCUT2D eigenvalue weighted by atomic mass is 16.6. The lowest BCUT2D eigenvalue weighted by atomic mass is 10.1. The number of esters is 4. The first-order valence-electron chi connectivity index (χ1n) is 8.30. The average molecular weight is 362 g/mol. The minimum atomic E-state index is -0.668. The molecule has 0 atom stereocenters. The molecule has 0 aliphatic heterocycles. The van der Waals surface area contributed by atoms with Crippen molar-refractivity contribution in [3.05, 3.63) is 48.0 Å². The van der Waals surface area contributed by atoms with E-state index >= 15 is 0 Å². The third-order valence-corrected chi connectivity index (χ3v) is 3.08. The van der Waals surface area contributed by atoms with Crippen LogP contribution in [0.4, 0.5) is 0 Å². The van der Waals surface area contributed by atoms with Gasteiger partial charge < -0.3 is 14.2 Å². The lowest BCUT2D eigenvalue weighted by Crippen LogP contribution is -2.14.